The summed E-state index contributed by atoms with van der Waals surface area (Å²) in [5, 5.41) is 0. The molecule has 0 unspecified atom stereocenters. The molecule has 0 aliphatic carbocycles. The maximum absolute atomic E-state index is 14.4. The fraction of sp³-hybridized carbons (Fsp3) is 0.522. The molecule has 1 heterocycles. The summed E-state index contributed by atoms with van der Waals surface area (Å²) >= 11 is 0. The van der Waals surface area contributed by atoms with Crippen LogP contribution in [0.4, 0.5) is 4.39 Å². The third kappa shape index (κ3) is 6.78. The third-order valence-electron chi connectivity index (χ3n) is 4.63. The number of rotatable bonds is 12. The Balaban J connectivity index is 1.88. The summed E-state index contributed by atoms with van der Waals surface area (Å²) in [4.78, 5) is 4.44. The molecule has 0 spiro atoms. The van der Waals surface area contributed by atoms with Gasteiger partial charge in [0.05, 0.1) is 12.3 Å². The molecular formula is C23H32FNO. The number of hydrogen-bond acceptors (Lipinski definition) is 2. The second kappa shape index (κ2) is 11.7. The molecule has 0 saturated carbocycles. The Bertz CT molecular complexity index is 639. The average Bonchev–Trinajstić information content (AvgIpc) is 2.66. The monoisotopic (exact) mass is 357 g/mol. The van der Waals surface area contributed by atoms with Crippen LogP contribution >= 0.6 is 0 Å². The van der Waals surface area contributed by atoms with E-state index in [1.54, 1.807) is 6.07 Å². The Kier molecular flexibility index (Phi) is 9.16. The first kappa shape index (κ1) is 20.4. The number of unbranched alkanes of at least 4 members (excludes halogenated alkanes) is 6. The van der Waals surface area contributed by atoms with Gasteiger partial charge in [0.15, 0.2) is 0 Å². The van der Waals surface area contributed by atoms with E-state index in [4.69, 9.17) is 4.74 Å². The topological polar surface area (TPSA) is 22.1 Å². The van der Waals surface area contributed by atoms with Gasteiger partial charge in [-0.25, -0.2) is 4.39 Å². The number of pyridine rings is 1. The molecule has 2 aromatic rings. The molecule has 0 fully saturated rings. The van der Waals surface area contributed by atoms with Crippen molar-refractivity contribution in [2.75, 3.05) is 6.61 Å². The van der Waals surface area contributed by atoms with Gasteiger partial charge in [-0.15, -0.1) is 0 Å². The summed E-state index contributed by atoms with van der Waals surface area (Å²) in [7, 11) is 0. The van der Waals surface area contributed by atoms with Crippen molar-refractivity contribution in [2.24, 2.45) is 0 Å². The standard InChI is InChI=1S/C23H32FNO/c1-3-5-7-8-10-16-26-20-13-14-21(22(24)17-20)23-15-12-19(18-25-23)11-9-6-4-2/h12-15,17-18H,3-11,16H2,1-2H3. The summed E-state index contributed by atoms with van der Waals surface area (Å²) in [5.74, 6) is 0.317. The van der Waals surface area contributed by atoms with E-state index in [1.165, 1.54) is 56.6 Å². The lowest BCUT2D eigenvalue weighted by molar-refractivity contribution is 0.303. The first-order chi connectivity index (χ1) is 12.7. The highest BCUT2D eigenvalue weighted by Gasteiger charge is 2.08. The molecule has 142 valence electrons. The molecular weight excluding hydrogens is 325 g/mol. The van der Waals surface area contributed by atoms with Gasteiger partial charge in [0.1, 0.15) is 11.6 Å². The molecule has 0 radical (unpaired) electrons. The van der Waals surface area contributed by atoms with E-state index in [1.807, 2.05) is 18.3 Å². The van der Waals surface area contributed by atoms with Crippen LogP contribution in [-0.4, -0.2) is 11.6 Å². The minimum Gasteiger partial charge on any atom is -0.493 e. The molecule has 0 N–H and O–H groups in total. The molecule has 2 nitrogen and oxygen atoms in total. The van der Waals surface area contributed by atoms with Crippen LogP contribution in [0.15, 0.2) is 36.5 Å². The molecule has 0 bridgehead atoms. The van der Waals surface area contributed by atoms with Crippen molar-refractivity contribution in [1.29, 1.82) is 0 Å². The van der Waals surface area contributed by atoms with Crippen LogP contribution in [0.2, 0.25) is 0 Å². The Labute approximate surface area is 157 Å². The first-order valence-electron chi connectivity index (χ1n) is 10.1. The van der Waals surface area contributed by atoms with Crippen molar-refractivity contribution in [2.45, 2.75) is 71.6 Å². The predicted octanol–water partition coefficient (Wildman–Crippen LogP) is 6.97. The Morgan fingerprint density at radius 2 is 1.65 bits per heavy atom. The largest absolute Gasteiger partial charge is 0.493 e. The highest BCUT2D eigenvalue weighted by Crippen LogP contribution is 2.25. The molecule has 0 aliphatic heterocycles. The van der Waals surface area contributed by atoms with Crippen molar-refractivity contribution in [3.8, 4) is 17.0 Å². The minimum absolute atomic E-state index is 0.278. The van der Waals surface area contributed by atoms with Crippen LogP contribution in [0, 0.1) is 5.82 Å². The van der Waals surface area contributed by atoms with E-state index in [0.29, 0.717) is 23.6 Å². The summed E-state index contributed by atoms with van der Waals surface area (Å²) in [6.07, 6.45) is 12.5. The van der Waals surface area contributed by atoms with E-state index in [9.17, 15) is 4.39 Å². The molecule has 26 heavy (non-hydrogen) atoms. The number of benzene rings is 1. The van der Waals surface area contributed by atoms with Crippen molar-refractivity contribution >= 4 is 0 Å². The second-order valence-corrected chi connectivity index (χ2v) is 6.91. The van der Waals surface area contributed by atoms with Gasteiger partial charge in [-0.05, 0) is 43.0 Å². The van der Waals surface area contributed by atoms with Crippen LogP contribution in [0.1, 0.15) is 70.8 Å². The molecule has 0 amide bonds. The van der Waals surface area contributed by atoms with Crippen LogP contribution in [-0.2, 0) is 6.42 Å². The van der Waals surface area contributed by atoms with Crippen molar-refractivity contribution in [3.63, 3.8) is 0 Å². The minimum atomic E-state index is -0.278. The van der Waals surface area contributed by atoms with E-state index >= 15 is 0 Å². The number of halogens is 1. The summed E-state index contributed by atoms with van der Waals surface area (Å²) in [6, 6.07) is 9.03. The second-order valence-electron chi connectivity index (χ2n) is 6.91. The fourth-order valence-corrected chi connectivity index (χ4v) is 3.00. The molecule has 0 aliphatic rings. The van der Waals surface area contributed by atoms with Crippen LogP contribution in [0.25, 0.3) is 11.3 Å². The summed E-state index contributed by atoms with van der Waals surface area (Å²) < 4.78 is 20.1. The van der Waals surface area contributed by atoms with E-state index in [0.717, 1.165) is 12.8 Å². The quantitative estimate of drug-likeness (QED) is 0.383. The van der Waals surface area contributed by atoms with Gasteiger partial charge in [-0.3, -0.25) is 4.98 Å². The van der Waals surface area contributed by atoms with E-state index < -0.39 is 0 Å². The van der Waals surface area contributed by atoms with Gasteiger partial charge in [-0.2, -0.15) is 0 Å². The molecule has 0 atom stereocenters. The Morgan fingerprint density at radius 3 is 2.35 bits per heavy atom. The third-order valence-corrected chi connectivity index (χ3v) is 4.63. The molecule has 1 aromatic carbocycles. The highest BCUT2D eigenvalue weighted by molar-refractivity contribution is 5.61. The van der Waals surface area contributed by atoms with Crippen LogP contribution < -0.4 is 4.74 Å². The number of aryl methyl sites for hydroxylation is 1. The van der Waals surface area contributed by atoms with Gasteiger partial charge in [0, 0.05) is 17.8 Å². The van der Waals surface area contributed by atoms with Gasteiger partial charge in [-0.1, -0.05) is 58.4 Å². The maximum Gasteiger partial charge on any atom is 0.136 e. The lowest BCUT2D eigenvalue weighted by atomic mass is 10.1. The first-order valence-corrected chi connectivity index (χ1v) is 10.1. The summed E-state index contributed by atoms with van der Waals surface area (Å²) in [6.45, 7) is 5.05. The number of aromatic nitrogens is 1. The van der Waals surface area contributed by atoms with Crippen molar-refractivity contribution in [1.82, 2.24) is 4.98 Å². The summed E-state index contributed by atoms with van der Waals surface area (Å²) in [5.41, 5.74) is 2.42. The number of ether oxygens (including phenoxy) is 1. The van der Waals surface area contributed by atoms with Crippen molar-refractivity contribution < 1.29 is 9.13 Å². The molecule has 2 rings (SSSR count). The van der Waals surface area contributed by atoms with Crippen LogP contribution in [0.3, 0.4) is 0 Å². The van der Waals surface area contributed by atoms with E-state index in [2.05, 4.69) is 24.9 Å². The predicted molar refractivity (Wildman–Crippen MR) is 107 cm³/mol. The van der Waals surface area contributed by atoms with Gasteiger partial charge in [0.25, 0.3) is 0 Å². The van der Waals surface area contributed by atoms with Crippen LogP contribution in [0.5, 0.6) is 5.75 Å². The van der Waals surface area contributed by atoms with Crippen molar-refractivity contribution in [3.05, 3.63) is 47.9 Å². The smallest absolute Gasteiger partial charge is 0.136 e. The average molecular weight is 358 g/mol. The molecule has 1 aromatic heterocycles. The van der Waals surface area contributed by atoms with E-state index in [-0.39, 0.29) is 5.82 Å². The van der Waals surface area contributed by atoms with Gasteiger partial charge in [0.2, 0.25) is 0 Å². The lowest BCUT2D eigenvalue weighted by Crippen LogP contribution is -1.98. The molecule has 3 heteroatoms. The number of hydrogen-bond donors (Lipinski definition) is 0. The normalized spacial score (nSPS) is 10.9. The zero-order valence-electron chi connectivity index (χ0n) is 16.3. The fourth-order valence-electron chi connectivity index (χ4n) is 3.00. The zero-order valence-corrected chi connectivity index (χ0v) is 16.3. The Hall–Kier alpha value is -1.90. The van der Waals surface area contributed by atoms with Gasteiger partial charge < -0.3 is 4.74 Å². The zero-order chi connectivity index (χ0) is 18.6. The highest BCUT2D eigenvalue weighted by atomic mass is 19.1. The molecule has 0 saturated heterocycles. The Morgan fingerprint density at radius 1 is 0.885 bits per heavy atom. The SMILES string of the molecule is CCCCCCCOc1ccc(-c2ccc(CCCCC)cn2)c(F)c1. The number of nitrogens with zero attached hydrogens (tertiary/aromatic N) is 1. The van der Waals surface area contributed by atoms with Gasteiger partial charge >= 0.3 is 0 Å². The lowest BCUT2D eigenvalue weighted by Gasteiger charge is -2.09. The maximum atomic E-state index is 14.4.